The van der Waals surface area contributed by atoms with Crippen LogP contribution in [-0.4, -0.2) is 24.7 Å². The van der Waals surface area contributed by atoms with E-state index in [-0.39, 0.29) is 17.6 Å². The molecule has 0 aromatic carbocycles. The Bertz CT molecular complexity index is 194. The summed E-state index contributed by atoms with van der Waals surface area (Å²) >= 11 is 0. The first-order valence-electron chi connectivity index (χ1n) is 5.63. The molecular formula is C12H25NO2. The lowest BCUT2D eigenvalue weighted by molar-refractivity contribution is -0.155. The summed E-state index contributed by atoms with van der Waals surface area (Å²) in [5.41, 5.74) is -0.382. The van der Waals surface area contributed by atoms with Crippen molar-refractivity contribution < 1.29 is 9.53 Å². The normalized spacial score (nSPS) is 14.1. The molecule has 0 unspecified atom stereocenters. The summed E-state index contributed by atoms with van der Waals surface area (Å²) in [5, 5.41) is 3.15. The van der Waals surface area contributed by atoms with Crippen molar-refractivity contribution in [2.45, 2.75) is 59.1 Å². The molecule has 0 saturated carbocycles. The molecule has 0 amide bonds. The van der Waals surface area contributed by atoms with Gasteiger partial charge in [0.25, 0.3) is 0 Å². The zero-order chi connectivity index (χ0) is 12.1. The topological polar surface area (TPSA) is 38.3 Å². The first-order chi connectivity index (χ1) is 6.74. The minimum absolute atomic E-state index is 0.123. The van der Waals surface area contributed by atoms with Gasteiger partial charge >= 0.3 is 5.97 Å². The second-order valence-electron chi connectivity index (χ2n) is 5.41. The second-order valence-corrected chi connectivity index (χ2v) is 5.41. The third-order valence-electron chi connectivity index (χ3n) is 2.00. The number of rotatable bonds is 5. The Morgan fingerprint density at radius 3 is 2.20 bits per heavy atom. The fraction of sp³-hybridized carbons (Fsp3) is 0.917. The molecule has 0 heterocycles. The van der Waals surface area contributed by atoms with Crippen LogP contribution in [0.1, 0.15) is 47.5 Å². The van der Waals surface area contributed by atoms with Gasteiger partial charge in [-0.1, -0.05) is 13.8 Å². The number of esters is 1. The Balaban J connectivity index is 4.02. The third kappa shape index (κ3) is 8.43. The highest BCUT2D eigenvalue weighted by Gasteiger charge is 2.20. The molecule has 0 spiro atoms. The van der Waals surface area contributed by atoms with Crippen molar-refractivity contribution in [3.63, 3.8) is 0 Å². The second kappa shape index (κ2) is 6.11. The lowest BCUT2D eigenvalue weighted by Gasteiger charge is -2.22. The predicted molar refractivity (Wildman–Crippen MR) is 62.8 cm³/mol. The van der Waals surface area contributed by atoms with Gasteiger partial charge in [0.1, 0.15) is 5.60 Å². The Morgan fingerprint density at radius 1 is 1.33 bits per heavy atom. The van der Waals surface area contributed by atoms with E-state index >= 15 is 0 Å². The highest BCUT2D eigenvalue weighted by Crippen LogP contribution is 2.12. The molecule has 0 saturated heterocycles. The quantitative estimate of drug-likeness (QED) is 0.715. The van der Waals surface area contributed by atoms with Crippen LogP contribution in [0.25, 0.3) is 0 Å². The van der Waals surface area contributed by atoms with E-state index in [9.17, 15) is 4.79 Å². The SMILES string of the molecule is CN[C@H](CC(=O)OC(C)(C)C)CC(C)C. The molecule has 1 atom stereocenters. The molecule has 0 rings (SSSR count). The van der Waals surface area contributed by atoms with E-state index in [0.717, 1.165) is 6.42 Å². The summed E-state index contributed by atoms with van der Waals surface area (Å²) in [4.78, 5) is 11.5. The van der Waals surface area contributed by atoms with E-state index in [0.29, 0.717) is 12.3 Å². The fourth-order valence-corrected chi connectivity index (χ4v) is 1.46. The van der Waals surface area contributed by atoms with Crippen molar-refractivity contribution in [2.75, 3.05) is 7.05 Å². The van der Waals surface area contributed by atoms with Crippen LogP contribution in [0.3, 0.4) is 0 Å². The summed E-state index contributed by atoms with van der Waals surface area (Å²) in [7, 11) is 1.89. The van der Waals surface area contributed by atoms with Crippen LogP contribution in [-0.2, 0) is 9.53 Å². The van der Waals surface area contributed by atoms with Crippen LogP contribution in [0.4, 0.5) is 0 Å². The average molecular weight is 215 g/mol. The van der Waals surface area contributed by atoms with Crippen molar-refractivity contribution in [3.05, 3.63) is 0 Å². The van der Waals surface area contributed by atoms with Crippen molar-refractivity contribution in [2.24, 2.45) is 5.92 Å². The summed E-state index contributed by atoms with van der Waals surface area (Å²) in [6.07, 6.45) is 1.45. The maximum Gasteiger partial charge on any atom is 0.307 e. The zero-order valence-electron chi connectivity index (χ0n) is 10.9. The smallest absolute Gasteiger partial charge is 0.307 e. The van der Waals surface area contributed by atoms with Gasteiger partial charge in [0.2, 0.25) is 0 Å². The molecule has 3 nitrogen and oxygen atoms in total. The highest BCUT2D eigenvalue weighted by molar-refractivity contribution is 5.70. The van der Waals surface area contributed by atoms with Gasteiger partial charge in [-0.25, -0.2) is 0 Å². The van der Waals surface area contributed by atoms with Crippen molar-refractivity contribution >= 4 is 5.97 Å². The number of carbonyl (C=O) groups excluding carboxylic acids is 1. The van der Waals surface area contributed by atoms with Crippen molar-refractivity contribution in [1.82, 2.24) is 5.32 Å². The molecular weight excluding hydrogens is 190 g/mol. The van der Waals surface area contributed by atoms with Gasteiger partial charge in [0.15, 0.2) is 0 Å². The summed E-state index contributed by atoms with van der Waals surface area (Å²) < 4.78 is 5.27. The van der Waals surface area contributed by atoms with Crippen LogP contribution < -0.4 is 5.32 Å². The Morgan fingerprint density at radius 2 is 1.87 bits per heavy atom. The predicted octanol–water partition coefficient (Wildman–Crippen LogP) is 2.35. The lowest BCUT2D eigenvalue weighted by Crippen LogP contribution is -2.33. The van der Waals surface area contributed by atoms with Gasteiger partial charge in [-0.3, -0.25) is 4.79 Å². The molecule has 0 radical (unpaired) electrons. The molecule has 1 N–H and O–H groups in total. The Kier molecular flexibility index (Phi) is 5.88. The van der Waals surface area contributed by atoms with E-state index in [2.05, 4.69) is 19.2 Å². The van der Waals surface area contributed by atoms with Crippen LogP contribution >= 0.6 is 0 Å². The average Bonchev–Trinajstić information content (AvgIpc) is 1.98. The molecule has 0 aliphatic carbocycles. The molecule has 0 aromatic rings. The maximum atomic E-state index is 11.5. The molecule has 3 heteroatoms. The number of hydrogen-bond acceptors (Lipinski definition) is 3. The maximum absolute atomic E-state index is 11.5. The van der Waals surface area contributed by atoms with Crippen molar-refractivity contribution in [1.29, 1.82) is 0 Å². The number of ether oxygens (including phenoxy) is 1. The molecule has 0 aliphatic rings. The van der Waals surface area contributed by atoms with Crippen LogP contribution in [0.2, 0.25) is 0 Å². The largest absolute Gasteiger partial charge is 0.460 e. The van der Waals surface area contributed by atoms with Crippen LogP contribution in [0.5, 0.6) is 0 Å². The minimum Gasteiger partial charge on any atom is -0.460 e. The summed E-state index contributed by atoms with van der Waals surface area (Å²) in [5.74, 6) is 0.465. The van der Waals surface area contributed by atoms with Gasteiger partial charge in [-0.15, -0.1) is 0 Å². The van der Waals surface area contributed by atoms with Gasteiger partial charge in [-0.2, -0.15) is 0 Å². The molecule has 0 aliphatic heterocycles. The Hall–Kier alpha value is -0.570. The molecule has 0 fully saturated rings. The molecule has 0 aromatic heterocycles. The van der Waals surface area contributed by atoms with Crippen LogP contribution in [0.15, 0.2) is 0 Å². The highest BCUT2D eigenvalue weighted by atomic mass is 16.6. The number of hydrogen-bond donors (Lipinski definition) is 1. The summed E-state index contributed by atoms with van der Waals surface area (Å²) in [6, 6.07) is 0.222. The monoisotopic (exact) mass is 215 g/mol. The standard InChI is InChI=1S/C12H25NO2/c1-9(2)7-10(13-6)8-11(14)15-12(3,4)5/h9-10,13H,7-8H2,1-6H3/t10-/m0/s1. The molecule has 0 bridgehead atoms. The van der Waals surface area contributed by atoms with Gasteiger partial charge < -0.3 is 10.1 Å². The van der Waals surface area contributed by atoms with Crippen LogP contribution in [0, 0.1) is 5.92 Å². The molecule has 90 valence electrons. The van der Waals surface area contributed by atoms with Gasteiger partial charge in [0.05, 0.1) is 6.42 Å². The first-order valence-corrected chi connectivity index (χ1v) is 5.63. The van der Waals surface area contributed by atoms with Gasteiger partial charge in [-0.05, 0) is 40.2 Å². The number of nitrogens with one attached hydrogen (secondary N) is 1. The summed E-state index contributed by atoms with van der Waals surface area (Å²) in [6.45, 7) is 9.98. The molecule has 15 heavy (non-hydrogen) atoms. The lowest BCUT2D eigenvalue weighted by atomic mass is 10.0. The third-order valence-corrected chi connectivity index (χ3v) is 2.00. The number of carbonyl (C=O) groups is 1. The van der Waals surface area contributed by atoms with E-state index in [1.54, 1.807) is 0 Å². The van der Waals surface area contributed by atoms with E-state index in [4.69, 9.17) is 4.74 Å². The first kappa shape index (κ1) is 14.4. The fourth-order valence-electron chi connectivity index (χ4n) is 1.46. The van der Waals surface area contributed by atoms with E-state index in [1.165, 1.54) is 0 Å². The zero-order valence-corrected chi connectivity index (χ0v) is 10.9. The van der Waals surface area contributed by atoms with Crippen molar-refractivity contribution in [3.8, 4) is 0 Å². The van der Waals surface area contributed by atoms with Gasteiger partial charge in [0, 0.05) is 6.04 Å². The van der Waals surface area contributed by atoms with E-state index in [1.807, 2.05) is 27.8 Å². The van der Waals surface area contributed by atoms with E-state index < -0.39 is 0 Å². The minimum atomic E-state index is -0.382. The Labute approximate surface area is 93.6 Å².